The summed E-state index contributed by atoms with van der Waals surface area (Å²) in [7, 11) is 0. The zero-order chi connectivity index (χ0) is 25.7. The summed E-state index contributed by atoms with van der Waals surface area (Å²) in [6.45, 7) is 6.41. The number of aromatic nitrogens is 2. The van der Waals surface area contributed by atoms with Gasteiger partial charge >= 0.3 is 0 Å². The molecule has 1 N–H and O–H groups in total. The van der Waals surface area contributed by atoms with Gasteiger partial charge in [0.1, 0.15) is 0 Å². The van der Waals surface area contributed by atoms with Crippen LogP contribution in [0.2, 0.25) is 0 Å². The van der Waals surface area contributed by atoms with E-state index in [0.717, 1.165) is 35.5 Å². The summed E-state index contributed by atoms with van der Waals surface area (Å²) in [6, 6.07) is 29.8. The molecular formula is C33H31N3O. The first-order valence-corrected chi connectivity index (χ1v) is 13.1. The van der Waals surface area contributed by atoms with Gasteiger partial charge < -0.3 is 5.11 Å². The van der Waals surface area contributed by atoms with Gasteiger partial charge in [0.25, 0.3) is 0 Å². The van der Waals surface area contributed by atoms with E-state index in [1.54, 1.807) is 0 Å². The van der Waals surface area contributed by atoms with Crippen molar-refractivity contribution in [3.63, 3.8) is 0 Å². The fourth-order valence-electron chi connectivity index (χ4n) is 6.57. The Kier molecular flexibility index (Phi) is 5.62. The van der Waals surface area contributed by atoms with E-state index in [2.05, 4.69) is 104 Å². The van der Waals surface area contributed by atoms with E-state index in [1.165, 1.54) is 22.3 Å². The van der Waals surface area contributed by atoms with Gasteiger partial charge in [-0.1, -0.05) is 92.2 Å². The summed E-state index contributed by atoms with van der Waals surface area (Å²) in [5.74, 6) is 0.211. The fraction of sp³-hybridized carbons (Fsp3) is 0.273. The van der Waals surface area contributed by atoms with Crippen LogP contribution >= 0.6 is 0 Å². The van der Waals surface area contributed by atoms with Crippen LogP contribution in [0.4, 0.5) is 0 Å². The maximum absolute atomic E-state index is 10.9. The van der Waals surface area contributed by atoms with Crippen LogP contribution in [0, 0.1) is 30.1 Å². The second kappa shape index (κ2) is 8.87. The molecule has 0 amide bonds. The van der Waals surface area contributed by atoms with Crippen molar-refractivity contribution in [1.29, 1.82) is 5.26 Å². The summed E-state index contributed by atoms with van der Waals surface area (Å²) in [6.07, 6.45) is 3.15. The molecule has 4 nitrogen and oxygen atoms in total. The SMILES string of the molecule is Cc1ccc(-c2ccc(-n3nc(-c4ccccc4)c4c3[C@]3(C)C=C(C#N)C(O)[C@H](C)[C@H]3CC4)cc2)cc1. The number of benzene rings is 3. The van der Waals surface area contributed by atoms with Crippen LogP contribution < -0.4 is 0 Å². The minimum atomic E-state index is -0.719. The Morgan fingerprint density at radius 3 is 2.24 bits per heavy atom. The molecule has 4 heteroatoms. The van der Waals surface area contributed by atoms with Gasteiger partial charge in [-0.2, -0.15) is 10.4 Å². The number of hydrogen-bond donors (Lipinski definition) is 1. The quantitative estimate of drug-likeness (QED) is 0.347. The third-order valence-corrected chi connectivity index (χ3v) is 8.55. The molecule has 184 valence electrons. The molecule has 0 saturated heterocycles. The highest BCUT2D eigenvalue weighted by Gasteiger charge is 2.50. The first-order valence-electron chi connectivity index (χ1n) is 13.1. The summed E-state index contributed by atoms with van der Waals surface area (Å²) in [4.78, 5) is 0. The molecule has 4 aromatic rings. The number of aliphatic hydroxyl groups excluding tert-OH is 1. The summed E-state index contributed by atoms with van der Waals surface area (Å²) in [5.41, 5.74) is 9.13. The number of hydrogen-bond acceptors (Lipinski definition) is 3. The number of nitrogens with zero attached hydrogens (tertiary/aromatic N) is 3. The van der Waals surface area contributed by atoms with Crippen LogP contribution in [0.15, 0.2) is 90.5 Å². The van der Waals surface area contributed by atoms with Crippen LogP contribution in [-0.2, 0) is 11.8 Å². The molecule has 2 aliphatic carbocycles. The number of fused-ring (bicyclic) bond motifs is 3. The summed E-state index contributed by atoms with van der Waals surface area (Å²) < 4.78 is 2.10. The van der Waals surface area contributed by atoms with Crippen molar-refractivity contribution in [3.05, 3.63) is 107 Å². The predicted octanol–water partition coefficient (Wildman–Crippen LogP) is 6.80. The number of allylic oxidation sites excluding steroid dienone is 1. The number of rotatable bonds is 3. The molecule has 2 aliphatic rings. The molecule has 1 heterocycles. The minimum Gasteiger partial charge on any atom is -0.387 e. The van der Waals surface area contributed by atoms with Gasteiger partial charge in [-0.3, -0.25) is 0 Å². The van der Waals surface area contributed by atoms with E-state index in [1.807, 2.05) is 12.1 Å². The maximum Gasteiger partial charge on any atom is 0.0971 e. The second-order valence-corrected chi connectivity index (χ2v) is 10.8. The number of nitriles is 1. The van der Waals surface area contributed by atoms with Gasteiger partial charge in [-0.25, -0.2) is 4.68 Å². The standard InChI is InChI=1S/C33H31N3O/c1-21-9-11-23(12-10-21)24-13-15-27(16-14-24)36-32-28(30(35-36)25-7-5-4-6-8-25)17-18-29-22(2)31(37)26(20-34)19-33(29,32)3/h4-16,19,22,29,31,37H,17-18H2,1-3H3/t22-,29-,31?,33-/m1/s1. The lowest BCUT2D eigenvalue weighted by Crippen LogP contribution is -2.47. The highest BCUT2D eigenvalue weighted by Crippen LogP contribution is 2.53. The molecule has 0 fully saturated rings. The molecule has 1 aromatic heterocycles. The summed E-state index contributed by atoms with van der Waals surface area (Å²) in [5, 5.41) is 25.9. The average Bonchev–Trinajstić information content (AvgIpc) is 3.33. The average molecular weight is 486 g/mol. The Hall–Kier alpha value is -3.94. The van der Waals surface area contributed by atoms with Crippen molar-refractivity contribution in [2.24, 2.45) is 11.8 Å². The third kappa shape index (κ3) is 3.74. The zero-order valence-electron chi connectivity index (χ0n) is 21.5. The van der Waals surface area contributed by atoms with E-state index >= 15 is 0 Å². The van der Waals surface area contributed by atoms with Gasteiger partial charge in [-0.15, -0.1) is 0 Å². The van der Waals surface area contributed by atoms with E-state index in [9.17, 15) is 10.4 Å². The Labute approximate surface area is 218 Å². The van der Waals surface area contributed by atoms with Crippen molar-refractivity contribution in [1.82, 2.24) is 9.78 Å². The monoisotopic (exact) mass is 485 g/mol. The van der Waals surface area contributed by atoms with Gasteiger partial charge in [0.15, 0.2) is 0 Å². The smallest absolute Gasteiger partial charge is 0.0971 e. The van der Waals surface area contributed by atoms with Gasteiger partial charge in [0.05, 0.1) is 34.8 Å². The largest absolute Gasteiger partial charge is 0.387 e. The zero-order valence-corrected chi connectivity index (χ0v) is 21.5. The number of aliphatic hydroxyl groups is 1. The lowest BCUT2D eigenvalue weighted by atomic mass is 9.57. The molecule has 6 rings (SSSR count). The van der Waals surface area contributed by atoms with E-state index in [0.29, 0.717) is 5.57 Å². The van der Waals surface area contributed by atoms with Crippen molar-refractivity contribution in [2.45, 2.75) is 45.1 Å². The normalized spacial score (nSPS) is 24.5. The van der Waals surface area contributed by atoms with Crippen LogP contribution in [0.25, 0.3) is 28.1 Å². The topological polar surface area (TPSA) is 61.8 Å². The number of aryl methyl sites for hydroxylation is 1. The summed E-state index contributed by atoms with van der Waals surface area (Å²) >= 11 is 0. The minimum absolute atomic E-state index is 0.00904. The molecule has 0 saturated carbocycles. The molecule has 0 radical (unpaired) electrons. The van der Waals surface area contributed by atoms with Gasteiger partial charge in [0, 0.05) is 16.5 Å². The fourth-order valence-corrected chi connectivity index (χ4v) is 6.57. The first-order chi connectivity index (χ1) is 17.9. The van der Waals surface area contributed by atoms with E-state index in [4.69, 9.17) is 5.10 Å². The van der Waals surface area contributed by atoms with Crippen molar-refractivity contribution in [2.75, 3.05) is 0 Å². The van der Waals surface area contributed by atoms with Crippen molar-refractivity contribution < 1.29 is 5.11 Å². The highest BCUT2D eigenvalue weighted by molar-refractivity contribution is 5.69. The molecular weight excluding hydrogens is 454 g/mol. The van der Waals surface area contributed by atoms with E-state index < -0.39 is 11.5 Å². The van der Waals surface area contributed by atoms with Crippen LogP contribution in [0.5, 0.6) is 0 Å². The Bertz CT molecular complexity index is 1520. The molecule has 0 spiro atoms. The van der Waals surface area contributed by atoms with Crippen LogP contribution in [0.1, 0.15) is 37.1 Å². The molecule has 0 aliphatic heterocycles. The van der Waals surface area contributed by atoms with Crippen molar-refractivity contribution >= 4 is 0 Å². The van der Waals surface area contributed by atoms with Gasteiger partial charge in [0.2, 0.25) is 0 Å². The molecule has 37 heavy (non-hydrogen) atoms. The van der Waals surface area contributed by atoms with Crippen molar-refractivity contribution in [3.8, 4) is 34.1 Å². The lowest BCUT2D eigenvalue weighted by molar-refractivity contribution is 0.0664. The predicted molar refractivity (Wildman–Crippen MR) is 147 cm³/mol. The Balaban J connectivity index is 1.55. The van der Waals surface area contributed by atoms with Crippen LogP contribution in [0.3, 0.4) is 0 Å². The van der Waals surface area contributed by atoms with Crippen LogP contribution in [-0.4, -0.2) is 21.0 Å². The Morgan fingerprint density at radius 1 is 0.946 bits per heavy atom. The molecule has 3 aromatic carbocycles. The third-order valence-electron chi connectivity index (χ3n) is 8.55. The first kappa shape index (κ1) is 23.5. The lowest BCUT2D eigenvalue weighted by Gasteiger charge is -2.47. The molecule has 0 bridgehead atoms. The molecule has 4 atom stereocenters. The highest BCUT2D eigenvalue weighted by atomic mass is 16.3. The second-order valence-electron chi connectivity index (χ2n) is 10.8. The maximum atomic E-state index is 10.9. The molecule has 1 unspecified atom stereocenters. The van der Waals surface area contributed by atoms with Gasteiger partial charge in [-0.05, 0) is 54.9 Å². The van der Waals surface area contributed by atoms with E-state index in [-0.39, 0.29) is 11.8 Å². The Morgan fingerprint density at radius 2 is 1.59 bits per heavy atom.